The molecule has 0 radical (unpaired) electrons. The van der Waals surface area contributed by atoms with Gasteiger partial charge in [-0.3, -0.25) is 0 Å². The third-order valence-electron chi connectivity index (χ3n) is 7.75. The van der Waals surface area contributed by atoms with E-state index in [0.29, 0.717) is 56.7 Å². The Labute approximate surface area is 269 Å². The maximum atomic E-state index is 14.2. The summed E-state index contributed by atoms with van der Waals surface area (Å²) in [6, 6.07) is 22.2. The molecule has 0 aliphatic carbocycles. The molecule has 5 aromatic rings. The van der Waals surface area contributed by atoms with Gasteiger partial charge in [0.1, 0.15) is 41.1 Å². The van der Waals surface area contributed by atoms with E-state index in [1.807, 2.05) is 13.8 Å². The number of furan rings is 1. The first-order valence-electron chi connectivity index (χ1n) is 14.4. The van der Waals surface area contributed by atoms with E-state index < -0.39 is 11.9 Å². The highest BCUT2D eigenvalue weighted by atomic mass is 35.5. The quantitative estimate of drug-likeness (QED) is 0.133. The standard InChI is InChI=1S/C36H28ClFN2O6/c1-4-42-32-14-21(9-12-29(32)43-18-22-7-5-6-8-28(22)38)33-24-11-10-23(15-31(24)46-35(40)26(33)17-39)44-36(41)34-20(3)25-16-27(37)19(2)13-30(25)45-34/h5-16,33H,4,18,40H2,1-3H3. The molecule has 0 bridgehead atoms. The fraction of sp³-hybridized carbons (Fsp3) is 0.167. The fourth-order valence-corrected chi connectivity index (χ4v) is 5.56. The van der Waals surface area contributed by atoms with Crippen LogP contribution in [0.1, 0.15) is 51.2 Å². The number of benzene rings is 4. The maximum Gasteiger partial charge on any atom is 0.379 e. The molecule has 46 heavy (non-hydrogen) atoms. The summed E-state index contributed by atoms with van der Waals surface area (Å²) in [6.45, 7) is 5.80. The zero-order valence-corrected chi connectivity index (χ0v) is 25.9. The monoisotopic (exact) mass is 638 g/mol. The minimum Gasteiger partial charge on any atom is -0.490 e. The molecule has 8 nitrogen and oxygen atoms in total. The van der Waals surface area contributed by atoms with Crippen LogP contribution < -0.4 is 24.7 Å². The number of nitrogens with zero attached hydrogens (tertiary/aromatic N) is 1. The lowest BCUT2D eigenvalue weighted by molar-refractivity contribution is 0.0702. The van der Waals surface area contributed by atoms with Gasteiger partial charge in [-0.2, -0.15) is 5.26 Å². The summed E-state index contributed by atoms with van der Waals surface area (Å²) >= 11 is 6.28. The number of hydrogen-bond donors (Lipinski definition) is 1. The van der Waals surface area contributed by atoms with E-state index in [1.54, 1.807) is 67.6 Å². The molecule has 0 fully saturated rings. The van der Waals surface area contributed by atoms with E-state index >= 15 is 0 Å². The Morgan fingerprint density at radius 2 is 1.85 bits per heavy atom. The number of carbonyl (C=O) groups is 1. The molecule has 6 rings (SSSR count). The van der Waals surface area contributed by atoms with Crippen molar-refractivity contribution in [2.24, 2.45) is 5.73 Å². The Hall–Kier alpha value is -5.46. The molecule has 0 saturated carbocycles. The van der Waals surface area contributed by atoms with E-state index in [9.17, 15) is 14.4 Å². The molecule has 1 atom stereocenters. The van der Waals surface area contributed by atoms with E-state index in [1.165, 1.54) is 12.1 Å². The normalized spacial score (nSPS) is 14.0. The number of nitriles is 1. The van der Waals surface area contributed by atoms with E-state index in [-0.39, 0.29) is 35.4 Å². The Morgan fingerprint density at radius 3 is 2.61 bits per heavy atom. The third kappa shape index (κ3) is 5.71. The van der Waals surface area contributed by atoms with Gasteiger partial charge in [0.05, 0.1) is 12.5 Å². The molecule has 1 aliphatic rings. The summed E-state index contributed by atoms with van der Waals surface area (Å²) in [5.41, 5.74) is 10.1. The second-order valence-electron chi connectivity index (χ2n) is 10.7. The van der Waals surface area contributed by atoms with Crippen molar-refractivity contribution in [1.29, 1.82) is 5.26 Å². The van der Waals surface area contributed by atoms with Gasteiger partial charge in [-0.25, -0.2) is 9.18 Å². The first-order chi connectivity index (χ1) is 22.2. The van der Waals surface area contributed by atoms with Crippen molar-refractivity contribution in [1.82, 2.24) is 0 Å². The van der Waals surface area contributed by atoms with Gasteiger partial charge in [-0.05, 0) is 68.3 Å². The number of aryl methyl sites for hydroxylation is 2. The van der Waals surface area contributed by atoms with Gasteiger partial charge in [0.2, 0.25) is 11.6 Å². The Morgan fingerprint density at radius 1 is 1.04 bits per heavy atom. The highest BCUT2D eigenvalue weighted by molar-refractivity contribution is 6.32. The molecule has 0 spiro atoms. The van der Waals surface area contributed by atoms with Crippen LogP contribution >= 0.6 is 11.6 Å². The van der Waals surface area contributed by atoms with Crippen LogP contribution in [0, 0.1) is 31.0 Å². The minimum atomic E-state index is -0.691. The van der Waals surface area contributed by atoms with Crippen LogP contribution in [0.4, 0.5) is 4.39 Å². The van der Waals surface area contributed by atoms with Gasteiger partial charge in [0, 0.05) is 33.2 Å². The lowest BCUT2D eigenvalue weighted by atomic mass is 9.83. The molecule has 232 valence electrons. The number of carbonyl (C=O) groups excluding carboxylic acids is 1. The summed E-state index contributed by atoms with van der Waals surface area (Å²) in [5, 5.41) is 11.3. The number of rotatable bonds is 8. The van der Waals surface area contributed by atoms with Crippen LogP contribution in [0.2, 0.25) is 5.02 Å². The summed E-state index contributed by atoms with van der Waals surface area (Å²) in [6.07, 6.45) is 0. The molecule has 2 N–H and O–H groups in total. The maximum absolute atomic E-state index is 14.2. The molecule has 10 heteroatoms. The first kappa shape index (κ1) is 30.6. The number of allylic oxidation sites excluding steroid dienone is 1. The van der Waals surface area contributed by atoms with E-state index in [2.05, 4.69) is 6.07 Å². The highest BCUT2D eigenvalue weighted by Crippen LogP contribution is 2.45. The Kier molecular flexibility index (Phi) is 8.31. The molecule has 4 aromatic carbocycles. The van der Waals surface area contributed by atoms with Crippen molar-refractivity contribution in [3.8, 4) is 29.1 Å². The smallest absolute Gasteiger partial charge is 0.379 e. The van der Waals surface area contributed by atoms with Crippen molar-refractivity contribution in [2.75, 3.05) is 6.61 Å². The van der Waals surface area contributed by atoms with E-state index in [0.717, 1.165) is 10.9 Å². The Balaban J connectivity index is 1.30. The van der Waals surface area contributed by atoms with Crippen molar-refractivity contribution in [3.05, 3.63) is 129 Å². The number of fused-ring (bicyclic) bond motifs is 2. The lowest BCUT2D eigenvalue weighted by Crippen LogP contribution is -2.21. The summed E-state index contributed by atoms with van der Waals surface area (Å²) in [7, 11) is 0. The zero-order chi connectivity index (χ0) is 32.5. The number of nitrogens with two attached hydrogens (primary N) is 1. The van der Waals surface area contributed by atoms with Gasteiger partial charge in [0.25, 0.3) is 0 Å². The number of esters is 1. The van der Waals surface area contributed by atoms with Gasteiger partial charge in [-0.15, -0.1) is 0 Å². The average Bonchev–Trinajstić information content (AvgIpc) is 3.35. The Bertz CT molecular complexity index is 2080. The molecule has 1 aliphatic heterocycles. The van der Waals surface area contributed by atoms with Crippen molar-refractivity contribution >= 4 is 28.5 Å². The largest absolute Gasteiger partial charge is 0.490 e. The molecule has 0 saturated heterocycles. The van der Waals surface area contributed by atoms with Gasteiger partial charge >= 0.3 is 5.97 Å². The zero-order valence-electron chi connectivity index (χ0n) is 25.1. The topological polar surface area (TPSA) is 117 Å². The molecular weight excluding hydrogens is 611 g/mol. The van der Waals surface area contributed by atoms with Crippen LogP contribution in [0.25, 0.3) is 11.0 Å². The van der Waals surface area contributed by atoms with Gasteiger partial charge < -0.3 is 29.1 Å². The highest BCUT2D eigenvalue weighted by Gasteiger charge is 2.32. The predicted molar refractivity (Wildman–Crippen MR) is 170 cm³/mol. The molecule has 2 heterocycles. The SMILES string of the molecule is CCOc1cc(C2C(C#N)=C(N)Oc3cc(OC(=O)c4oc5cc(C)c(Cl)cc5c4C)ccc32)ccc1OCc1ccccc1F. The van der Waals surface area contributed by atoms with Crippen molar-refractivity contribution < 1.29 is 32.5 Å². The predicted octanol–water partition coefficient (Wildman–Crippen LogP) is 8.26. The van der Waals surface area contributed by atoms with Crippen molar-refractivity contribution in [2.45, 2.75) is 33.3 Å². The van der Waals surface area contributed by atoms with Crippen LogP contribution in [0.3, 0.4) is 0 Å². The fourth-order valence-electron chi connectivity index (χ4n) is 5.39. The lowest BCUT2D eigenvalue weighted by Gasteiger charge is -2.27. The second kappa shape index (κ2) is 12.5. The minimum absolute atomic E-state index is 0.00489. The van der Waals surface area contributed by atoms with Crippen LogP contribution in [-0.2, 0) is 6.61 Å². The molecule has 1 unspecified atom stereocenters. The van der Waals surface area contributed by atoms with E-state index in [4.69, 9.17) is 40.7 Å². The van der Waals surface area contributed by atoms with Crippen LogP contribution in [0.15, 0.2) is 88.7 Å². The van der Waals surface area contributed by atoms with Crippen LogP contribution in [-0.4, -0.2) is 12.6 Å². The van der Waals surface area contributed by atoms with Gasteiger partial charge in [0.15, 0.2) is 11.5 Å². The van der Waals surface area contributed by atoms with Gasteiger partial charge in [-0.1, -0.05) is 41.9 Å². The second-order valence-corrected chi connectivity index (χ2v) is 11.1. The summed E-state index contributed by atoms with van der Waals surface area (Å²) in [4.78, 5) is 13.2. The third-order valence-corrected chi connectivity index (χ3v) is 8.15. The first-order valence-corrected chi connectivity index (χ1v) is 14.8. The van der Waals surface area contributed by atoms with Crippen LogP contribution in [0.5, 0.6) is 23.0 Å². The molecule has 0 amide bonds. The summed E-state index contributed by atoms with van der Waals surface area (Å²) in [5.74, 6) is -0.368. The average molecular weight is 639 g/mol. The number of hydrogen-bond acceptors (Lipinski definition) is 8. The number of halogens is 2. The molecule has 1 aromatic heterocycles. The number of ether oxygens (including phenoxy) is 4. The molecular formula is C36H28ClFN2O6. The van der Waals surface area contributed by atoms with Crippen molar-refractivity contribution in [3.63, 3.8) is 0 Å². The summed E-state index contributed by atoms with van der Waals surface area (Å²) < 4.78 is 43.3.